The summed E-state index contributed by atoms with van der Waals surface area (Å²) >= 11 is 5.75. The Balaban J connectivity index is 1.62. The van der Waals surface area contributed by atoms with Crippen molar-refractivity contribution >= 4 is 11.6 Å². The van der Waals surface area contributed by atoms with Crippen LogP contribution in [-0.2, 0) is 5.88 Å². The summed E-state index contributed by atoms with van der Waals surface area (Å²) in [4.78, 5) is 2.55. The van der Waals surface area contributed by atoms with Crippen LogP contribution < -0.4 is 4.74 Å². The molecular weight excluding hydrogens is 246 g/mol. The van der Waals surface area contributed by atoms with E-state index >= 15 is 0 Å². The monoisotopic (exact) mass is 267 g/mol. The fourth-order valence-corrected chi connectivity index (χ4v) is 2.51. The lowest BCUT2D eigenvalue weighted by Crippen LogP contribution is -2.31. The fraction of sp³-hybridized carbons (Fsp3) is 0.600. The van der Waals surface area contributed by atoms with E-state index in [9.17, 15) is 0 Å². The van der Waals surface area contributed by atoms with Crippen LogP contribution in [0.2, 0.25) is 0 Å². The molecule has 0 aliphatic carbocycles. The Labute approximate surface area is 115 Å². The van der Waals surface area contributed by atoms with Crippen molar-refractivity contribution < 1.29 is 4.74 Å². The predicted octanol–water partition coefficient (Wildman–Crippen LogP) is 3.68. The summed E-state index contributed by atoms with van der Waals surface area (Å²) in [6.45, 7) is 4.51. The van der Waals surface area contributed by atoms with E-state index in [4.69, 9.17) is 16.3 Å². The highest BCUT2D eigenvalue weighted by molar-refractivity contribution is 6.17. The maximum absolute atomic E-state index is 5.75. The average molecular weight is 268 g/mol. The summed E-state index contributed by atoms with van der Waals surface area (Å²) in [6.07, 6.45) is 5.23. The highest BCUT2D eigenvalue weighted by Gasteiger charge is 2.08. The van der Waals surface area contributed by atoms with Crippen molar-refractivity contribution in [3.8, 4) is 5.75 Å². The first kappa shape index (κ1) is 13.7. The normalized spacial score (nSPS) is 16.7. The lowest BCUT2D eigenvalue weighted by molar-refractivity contribution is 0.205. The van der Waals surface area contributed by atoms with Crippen molar-refractivity contribution in [1.82, 2.24) is 4.90 Å². The van der Waals surface area contributed by atoms with Gasteiger partial charge in [-0.1, -0.05) is 18.6 Å². The molecule has 2 nitrogen and oxygen atoms in total. The second kappa shape index (κ2) is 7.65. The van der Waals surface area contributed by atoms with E-state index in [1.165, 1.54) is 38.9 Å². The van der Waals surface area contributed by atoms with Gasteiger partial charge in [0.1, 0.15) is 5.75 Å². The van der Waals surface area contributed by atoms with Crippen LogP contribution in [0.1, 0.15) is 31.2 Å². The third kappa shape index (κ3) is 4.51. The van der Waals surface area contributed by atoms with Crippen LogP contribution in [0, 0.1) is 0 Å². The Kier molecular flexibility index (Phi) is 5.82. The van der Waals surface area contributed by atoms with Gasteiger partial charge in [-0.15, -0.1) is 11.6 Å². The van der Waals surface area contributed by atoms with Gasteiger partial charge in [0.05, 0.1) is 6.61 Å². The molecule has 2 rings (SSSR count). The molecule has 1 aliphatic rings. The largest absolute Gasteiger partial charge is 0.494 e. The number of piperidine rings is 1. The van der Waals surface area contributed by atoms with Crippen LogP contribution in [0.3, 0.4) is 0 Å². The van der Waals surface area contributed by atoms with Gasteiger partial charge in [0, 0.05) is 12.4 Å². The predicted molar refractivity (Wildman–Crippen MR) is 76.4 cm³/mol. The van der Waals surface area contributed by atoms with Crippen LogP contribution in [0.25, 0.3) is 0 Å². The molecule has 0 amide bonds. The molecule has 1 heterocycles. The molecule has 0 saturated carbocycles. The van der Waals surface area contributed by atoms with E-state index < -0.39 is 0 Å². The summed E-state index contributed by atoms with van der Waals surface area (Å²) in [6, 6.07) is 8.04. The minimum Gasteiger partial charge on any atom is -0.494 e. The second-order valence-corrected chi connectivity index (χ2v) is 5.15. The highest BCUT2D eigenvalue weighted by Crippen LogP contribution is 2.14. The van der Waals surface area contributed by atoms with Gasteiger partial charge in [-0.25, -0.2) is 0 Å². The average Bonchev–Trinajstić information content (AvgIpc) is 2.45. The summed E-state index contributed by atoms with van der Waals surface area (Å²) in [5.74, 6) is 1.51. The highest BCUT2D eigenvalue weighted by atomic mass is 35.5. The maximum Gasteiger partial charge on any atom is 0.119 e. The summed E-state index contributed by atoms with van der Waals surface area (Å²) in [5, 5.41) is 0. The molecule has 0 radical (unpaired) electrons. The zero-order chi connectivity index (χ0) is 12.6. The van der Waals surface area contributed by atoms with Gasteiger partial charge in [-0.2, -0.15) is 0 Å². The van der Waals surface area contributed by atoms with Gasteiger partial charge in [-0.3, -0.25) is 0 Å². The molecule has 18 heavy (non-hydrogen) atoms. The summed E-state index contributed by atoms with van der Waals surface area (Å²) < 4.78 is 5.73. The third-order valence-corrected chi connectivity index (χ3v) is 3.72. The second-order valence-electron chi connectivity index (χ2n) is 4.88. The smallest absolute Gasteiger partial charge is 0.119 e. The number of hydrogen-bond donors (Lipinski definition) is 0. The van der Waals surface area contributed by atoms with E-state index in [1.807, 2.05) is 24.3 Å². The standard InChI is InChI=1S/C15H22ClNO/c16-13-14-5-7-15(8-6-14)18-12-4-11-17-9-2-1-3-10-17/h5-8H,1-4,9-13H2. The molecule has 100 valence electrons. The van der Waals surface area contributed by atoms with Gasteiger partial charge in [0.2, 0.25) is 0 Å². The minimum absolute atomic E-state index is 0.565. The molecule has 0 atom stereocenters. The molecule has 0 spiro atoms. The number of nitrogens with zero attached hydrogens (tertiary/aromatic N) is 1. The van der Waals surface area contributed by atoms with Crippen molar-refractivity contribution in [2.24, 2.45) is 0 Å². The molecule has 0 bridgehead atoms. The molecule has 1 fully saturated rings. The van der Waals surface area contributed by atoms with Crippen LogP contribution in [-0.4, -0.2) is 31.1 Å². The first-order valence-corrected chi connectivity index (χ1v) is 7.42. The topological polar surface area (TPSA) is 12.5 Å². The summed E-state index contributed by atoms with van der Waals surface area (Å²) in [5.41, 5.74) is 1.14. The lowest BCUT2D eigenvalue weighted by Gasteiger charge is -2.26. The number of rotatable bonds is 6. The minimum atomic E-state index is 0.565. The molecular formula is C15H22ClNO. The van der Waals surface area contributed by atoms with Crippen molar-refractivity contribution in [2.45, 2.75) is 31.6 Å². The molecule has 3 heteroatoms. The summed E-state index contributed by atoms with van der Waals surface area (Å²) in [7, 11) is 0. The number of ether oxygens (including phenoxy) is 1. The van der Waals surface area contributed by atoms with Gasteiger partial charge in [0.15, 0.2) is 0 Å². The Morgan fingerprint density at radius 2 is 1.78 bits per heavy atom. The number of benzene rings is 1. The zero-order valence-electron chi connectivity index (χ0n) is 10.9. The maximum atomic E-state index is 5.75. The van der Waals surface area contributed by atoms with Crippen molar-refractivity contribution in [2.75, 3.05) is 26.2 Å². The van der Waals surface area contributed by atoms with Crippen LogP contribution >= 0.6 is 11.6 Å². The van der Waals surface area contributed by atoms with Crippen molar-refractivity contribution in [3.63, 3.8) is 0 Å². The lowest BCUT2D eigenvalue weighted by atomic mass is 10.1. The Morgan fingerprint density at radius 1 is 1.06 bits per heavy atom. The quantitative estimate of drug-likeness (QED) is 0.576. The van der Waals surface area contributed by atoms with Gasteiger partial charge < -0.3 is 9.64 Å². The fourth-order valence-electron chi connectivity index (χ4n) is 2.34. The molecule has 1 aromatic carbocycles. The van der Waals surface area contributed by atoms with E-state index in [2.05, 4.69) is 4.90 Å². The van der Waals surface area contributed by atoms with E-state index in [0.717, 1.165) is 24.3 Å². The number of likely N-dealkylation sites (tertiary alicyclic amines) is 1. The molecule has 0 unspecified atom stereocenters. The van der Waals surface area contributed by atoms with E-state index in [-0.39, 0.29) is 0 Å². The van der Waals surface area contributed by atoms with Crippen LogP contribution in [0.15, 0.2) is 24.3 Å². The molecule has 0 aromatic heterocycles. The first-order valence-electron chi connectivity index (χ1n) is 6.88. The Hall–Kier alpha value is -0.730. The van der Waals surface area contributed by atoms with Crippen LogP contribution in [0.4, 0.5) is 0 Å². The molecule has 0 N–H and O–H groups in total. The van der Waals surface area contributed by atoms with Crippen molar-refractivity contribution in [3.05, 3.63) is 29.8 Å². The Bertz CT molecular complexity index is 333. The SMILES string of the molecule is ClCc1ccc(OCCCN2CCCCC2)cc1. The van der Waals surface area contributed by atoms with E-state index in [0.29, 0.717) is 5.88 Å². The van der Waals surface area contributed by atoms with Gasteiger partial charge in [0.25, 0.3) is 0 Å². The van der Waals surface area contributed by atoms with E-state index in [1.54, 1.807) is 0 Å². The first-order chi connectivity index (χ1) is 8.88. The molecule has 1 aliphatic heterocycles. The third-order valence-electron chi connectivity index (χ3n) is 3.41. The number of hydrogen-bond acceptors (Lipinski definition) is 2. The van der Waals surface area contributed by atoms with Crippen LogP contribution in [0.5, 0.6) is 5.75 Å². The number of alkyl halides is 1. The zero-order valence-corrected chi connectivity index (χ0v) is 11.7. The molecule has 1 aromatic rings. The van der Waals surface area contributed by atoms with Gasteiger partial charge in [-0.05, 0) is 50.0 Å². The molecule has 1 saturated heterocycles. The number of halogens is 1. The Morgan fingerprint density at radius 3 is 2.44 bits per heavy atom. The van der Waals surface area contributed by atoms with Gasteiger partial charge >= 0.3 is 0 Å². The van der Waals surface area contributed by atoms with Crippen molar-refractivity contribution in [1.29, 1.82) is 0 Å².